The fraction of sp³-hybridized carbons (Fsp3) is 0.692. The van der Waals surface area contributed by atoms with E-state index in [4.69, 9.17) is 0 Å². The quantitative estimate of drug-likeness (QED) is 0.739. The number of unbranched alkanes of at least 4 members (excludes halogenated alkanes) is 1. The third-order valence-electron chi connectivity index (χ3n) is 2.74. The first-order valence-corrected chi connectivity index (χ1v) is 6.55. The van der Waals surface area contributed by atoms with Crippen molar-refractivity contribution in [1.82, 2.24) is 9.97 Å². The molecule has 0 saturated heterocycles. The smallest absolute Gasteiger partial charge is 0.224 e. The van der Waals surface area contributed by atoms with Gasteiger partial charge < -0.3 is 10.2 Å². The Bertz CT molecular complexity index is 334. The van der Waals surface area contributed by atoms with E-state index in [2.05, 4.69) is 41.0 Å². The maximum atomic E-state index is 4.55. The molecular weight excluding hydrogens is 212 g/mol. The van der Waals surface area contributed by atoms with E-state index < -0.39 is 0 Å². The molecule has 0 aliphatic heterocycles. The van der Waals surface area contributed by atoms with Gasteiger partial charge in [0.15, 0.2) is 0 Å². The Hall–Kier alpha value is -1.32. The van der Waals surface area contributed by atoms with Gasteiger partial charge in [-0.3, -0.25) is 0 Å². The van der Waals surface area contributed by atoms with Crippen molar-refractivity contribution < 1.29 is 0 Å². The van der Waals surface area contributed by atoms with Gasteiger partial charge in [-0.2, -0.15) is 4.98 Å². The van der Waals surface area contributed by atoms with E-state index in [1.807, 2.05) is 13.0 Å². The van der Waals surface area contributed by atoms with Crippen LogP contribution in [0.3, 0.4) is 0 Å². The Morgan fingerprint density at radius 1 is 1.18 bits per heavy atom. The Kier molecular flexibility index (Phi) is 5.73. The molecule has 0 fully saturated rings. The number of nitrogens with zero attached hydrogens (tertiary/aromatic N) is 3. The molecule has 96 valence electrons. The van der Waals surface area contributed by atoms with Crippen molar-refractivity contribution in [2.24, 2.45) is 0 Å². The van der Waals surface area contributed by atoms with Crippen LogP contribution < -0.4 is 10.2 Å². The lowest BCUT2D eigenvalue weighted by atomic mass is 10.3. The number of hydrogen-bond donors (Lipinski definition) is 1. The molecule has 1 aromatic heterocycles. The molecule has 4 nitrogen and oxygen atoms in total. The van der Waals surface area contributed by atoms with Gasteiger partial charge in [0.1, 0.15) is 5.82 Å². The normalized spacial score (nSPS) is 10.4. The fourth-order valence-corrected chi connectivity index (χ4v) is 1.72. The molecular formula is C13H24N4. The van der Waals surface area contributed by atoms with Gasteiger partial charge in [0.2, 0.25) is 5.95 Å². The van der Waals surface area contributed by atoms with Crippen molar-refractivity contribution in [1.29, 1.82) is 0 Å². The van der Waals surface area contributed by atoms with Crippen LogP contribution in [-0.2, 0) is 0 Å². The maximum absolute atomic E-state index is 4.55. The van der Waals surface area contributed by atoms with Crippen molar-refractivity contribution in [2.75, 3.05) is 29.9 Å². The van der Waals surface area contributed by atoms with Crippen LogP contribution in [0.4, 0.5) is 11.8 Å². The topological polar surface area (TPSA) is 41.1 Å². The highest BCUT2D eigenvalue weighted by Gasteiger charge is 2.06. The predicted molar refractivity (Wildman–Crippen MR) is 73.7 cm³/mol. The number of rotatable bonds is 7. The maximum Gasteiger partial charge on any atom is 0.224 e. The molecule has 0 atom stereocenters. The average Bonchev–Trinajstić information content (AvgIpc) is 2.30. The molecule has 1 N–H and O–H groups in total. The summed E-state index contributed by atoms with van der Waals surface area (Å²) in [6.07, 6.45) is 2.33. The van der Waals surface area contributed by atoms with Gasteiger partial charge in [-0.25, -0.2) is 4.98 Å². The number of anilines is 2. The fourth-order valence-electron chi connectivity index (χ4n) is 1.72. The Labute approximate surface area is 104 Å². The van der Waals surface area contributed by atoms with Gasteiger partial charge in [-0.05, 0) is 27.2 Å². The predicted octanol–water partition coefficient (Wildman–Crippen LogP) is 2.84. The highest BCUT2D eigenvalue weighted by atomic mass is 15.2. The summed E-state index contributed by atoms with van der Waals surface area (Å²) in [5.74, 6) is 1.77. The van der Waals surface area contributed by atoms with Crippen LogP contribution >= 0.6 is 0 Å². The number of hydrogen-bond acceptors (Lipinski definition) is 4. The number of nitrogens with one attached hydrogen (secondary N) is 1. The van der Waals surface area contributed by atoms with Crippen molar-refractivity contribution in [3.8, 4) is 0 Å². The van der Waals surface area contributed by atoms with Gasteiger partial charge in [0, 0.05) is 31.4 Å². The summed E-state index contributed by atoms with van der Waals surface area (Å²) in [5.41, 5.74) is 1.01. The van der Waals surface area contributed by atoms with E-state index in [1.165, 1.54) is 6.42 Å². The first-order chi connectivity index (χ1) is 8.21. The highest BCUT2D eigenvalue weighted by Crippen LogP contribution is 2.14. The lowest BCUT2D eigenvalue weighted by Crippen LogP contribution is -2.23. The second-order valence-electron chi connectivity index (χ2n) is 4.14. The zero-order valence-electron chi connectivity index (χ0n) is 11.5. The van der Waals surface area contributed by atoms with E-state index in [0.717, 1.165) is 43.5 Å². The van der Waals surface area contributed by atoms with Crippen LogP contribution in [0.15, 0.2) is 6.07 Å². The molecule has 0 bridgehead atoms. The highest BCUT2D eigenvalue weighted by molar-refractivity contribution is 5.44. The first kappa shape index (κ1) is 13.7. The van der Waals surface area contributed by atoms with Gasteiger partial charge in [0.05, 0.1) is 0 Å². The van der Waals surface area contributed by atoms with E-state index in [0.29, 0.717) is 0 Å². The van der Waals surface area contributed by atoms with Crippen LogP contribution in [0.2, 0.25) is 0 Å². The van der Waals surface area contributed by atoms with Gasteiger partial charge in [-0.1, -0.05) is 13.3 Å². The van der Waals surface area contributed by atoms with E-state index >= 15 is 0 Å². The van der Waals surface area contributed by atoms with E-state index in [-0.39, 0.29) is 0 Å². The summed E-state index contributed by atoms with van der Waals surface area (Å²) >= 11 is 0. The van der Waals surface area contributed by atoms with Crippen molar-refractivity contribution >= 4 is 11.8 Å². The number of aryl methyl sites for hydroxylation is 1. The SMILES string of the molecule is CCCCNc1nc(C)cc(N(CC)CC)n1. The minimum atomic E-state index is 0.750. The van der Waals surface area contributed by atoms with Crippen LogP contribution in [0.25, 0.3) is 0 Å². The number of aromatic nitrogens is 2. The molecule has 0 aliphatic rings. The Morgan fingerprint density at radius 2 is 1.88 bits per heavy atom. The summed E-state index contributed by atoms with van der Waals surface area (Å²) in [6.45, 7) is 11.4. The molecule has 0 unspecified atom stereocenters. The largest absolute Gasteiger partial charge is 0.357 e. The van der Waals surface area contributed by atoms with Crippen molar-refractivity contribution in [3.05, 3.63) is 11.8 Å². The first-order valence-electron chi connectivity index (χ1n) is 6.55. The van der Waals surface area contributed by atoms with Crippen LogP contribution in [-0.4, -0.2) is 29.6 Å². The molecule has 1 rings (SSSR count). The van der Waals surface area contributed by atoms with Crippen molar-refractivity contribution in [3.63, 3.8) is 0 Å². The van der Waals surface area contributed by atoms with Crippen LogP contribution in [0, 0.1) is 6.92 Å². The molecule has 0 amide bonds. The van der Waals surface area contributed by atoms with Crippen LogP contribution in [0.5, 0.6) is 0 Å². The van der Waals surface area contributed by atoms with E-state index in [9.17, 15) is 0 Å². The summed E-state index contributed by atoms with van der Waals surface area (Å²) in [4.78, 5) is 11.2. The lowest BCUT2D eigenvalue weighted by molar-refractivity contribution is 0.814. The average molecular weight is 236 g/mol. The molecule has 0 saturated carbocycles. The molecule has 0 spiro atoms. The zero-order chi connectivity index (χ0) is 12.7. The zero-order valence-corrected chi connectivity index (χ0v) is 11.5. The van der Waals surface area contributed by atoms with E-state index in [1.54, 1.807) is 0 Å². The Morgan fingerprint density at radius 3 is 2.47 bits per heavy atom. The summed E-state index contributed by atoms with van der Waals surface area (Å²) < 4.78 is 0. The summed E-state index contributed by atoms with van der Waals surface area (Å²) in [7, 11) is 0. The van der Waals surface area contributed by atoms with Gasteiger partial charge in [0.25, 0.3) is 0 Å². The second kappa shape index (κ2) is 7.09. The molecule has 0 aliphatic carbocycles. The lowest BCUT2D eigenvalue weighted by Gasteiger charge is -2.20. The summed E-state index contributed by atoms with van der Waals surface area (Å²) in [5, 5.41) is 3.28. The molecule has 17 heavy (non-hydrogen) atoms. The summed E-state index contributed by atoms with van der Waals surface area (Å²) in [6, 6.07) is 2.04. The molecule has 0 radical (unpaired) electrons. The van der Waals surface area contributed by atoms with Gasteiger partial charge in [-0.15, -0.1) is 0 Å². The third-order valence-corrected chi connectivity index (χ3v) is 2.74. The minimum Gasteiger partial charge on any atom is -0.357 e. The molecule has 0 aromatic carbocycles. The third kappa shape index (κ3) is 4.21. The molecule has 1 aromatic rings. The van der Waals surface area contributed by atoms with Gasteiger partial charge >= 0.3 is 0 Å². The Balaban J connectivity index is 2.78. The standard InChI is InChI=1S/C13H24N4/c1-5-8-9-14-13-15-11(4)10-12(16-13)17(6-2)7-3/h10H,5-9H2,1-4H3,(H,14,15,16). The van der Waals surface area contributed by atoms with Crippen molar-refractivity contribution in [2.45, 2.75) is 40.5 Å². The minimum absolute atomic E-state index is 0.750. The monoisotopic (exact) mass is 236 g/mol. The molecule has 4 heteroatoms. The molecule has 1 heterocycles. The second-order valence-corrected chi connectivity index (χ2v) is 4.14. The van der Waals surface area contributed by atoms with Crippen LogP contribution in [0.1, 0.15) is 39.3 Å².